The maximum absolute atomic E-state index is 5.84. The van der Waals surface area contributed by atoms with Crippen molar-refractivity contribution in [3.8, 4) is 11.4 Å². The number of nitrogens with zero attached hydrogens (tertiary/aromatic N) is 4. The number of H-pyrrole nitrogens is 1. The lowest BCUT2D eigenvalue weighted by atomic mass is 10.2. The summed E-state index contributed by atoms with van der Waals surface area (Å²) in [6.07, 6.45) is 1.40. The Bertz CT molecular complexity index is 780. The number of alkyl halides is 2. The molecule has 3 N–H and O–H groups in total. The van der Waals surface area contributed by atoms with E-state index in [1.54, 1.807) is 0 Å². The molecule has 0 unspecified atom stereocenters. The molecule has 120 valence electrons. The van der Waals surface area contributed by atoms with Crippen molar-refractivity contribution in [2.75, 3.05) is 35.5 Å². The minimum Gasteiger partial charge on any atom is -0.382 e. The molecule has 0 amide bonds. The highest BCUT2D eigenvalue weighted by molar-refractivity contribution is 6.18. The van der Waals surface area contributed by atoms with E-state index in [9.17, 15) is 0 Å². The number of halogens is 2. The standard InChI is InChI=1S/C15H16Cl2N6/c16-5-7-23(8-6-17)11-3-1-10(2-4-11)14-21-12-13(18)19-9-20-15(12)22-14/h1-4,9H,5-8H2,(H3,18,19,20,21,22). The Balaban J connectivity index is 1.89. The Hall–Kier alpha value is -2.05. The molecule has 3 rings (SSSR count). The van der Waals surface area contributed by atoms with Gasteiger partial charge in [-0.25, -0.2) is 15.0 Å². The summed E-state index contributed by atoms with van der Waals surface area (Å²) in [5, 5.41) is 0. The predicted molar refractivity (Wildman–Crippen MR) is 95.2 cm³/mol. The van der Waals surface area contributed by atoms with Gasteiger partial charge >= 0.3 is 0 Å². The van der Waals surface area contributed by atoms with Crippen molar-refractivity contribution in [2.24, 2.45) is 0 Å². The number of aromatic nitrogens is 4. The quantitative estimate of drug-likeness (QED) is 0.667. The van der Waals surface area contributed by atoms with Crippen LogP contribution in [0.5, 0.6) is 0 Å². The highest BCUT2D eigenvalue weighted by Crippen LogP contribution is 2.24. The number of aromatic amines is 1. The minimum absolute atomic E-state index is 0.390. The first-order chi connectivity index (χ1) is 11.2. The summed E-state index contributed by atoms with van der Waals surface area (Å²) in [7, 11) is 0. The van der Waals surface area contributed by atoms with Gasteiger partial charge in [0.15, 0.2) is 11.5 Å². The van der Waals surface area contributed by atoms with Crippen molar-refractivity contribution >= 4 is 45.9 Å². The van der Waals surface area contributed by atoms with Crippen LogP contribution in [0.3, 0.4) is 0 Å². The Labute approximate surface area is 143 Å². The van der Waals surface area contributed by atoms with Gasteiger partial charge in [-0.1, -0.05) is 0 Å². The zero-order chi connectivity index (χ0) is 16.2. The lowest BCUT2D eigenvalue weighted by Gasteiger charge is -2.22. The average Bonchev–Trinajstić information content (AvgIpc) is 3.00. The van der Waals surface area contributed by atoms with E-state index in [1.807, 2.05) is 24.3 Å². The first kappa shape index (κ1) is 15.8. The number of anilines is 2. The summed E-state index contributed by atoms with van der Waals surface area (Å²) in [5.74, 6) is 2.21. The normalized spacial score (nSPS) is 11.0. The number of nitrogens with two attached hydrogens (primary N) is 1. The Morgan fingerprint density at radius 3 is 2.35 bits per heavy atom. The molecule has 0 radical (unpaired) electrons. The van der Waals surface area contributed by atoms with Gasteiger partial charge in [0.25, 0.3) is 0 Å². The number of nitrogen functional groups attached to an aromatic ring is 1. The Morgan fingerprint density at radius 1 is 1.04 bits per heavy atom. The molecule has 3 aromatic rings. The van der Waals surface area contributed by atoms with E-state index in [1.165, 1.54) is 6.33 Å². The van der Waals surface area contributed by atoms with Gasteiger partial charge < -0.3 is 15.6 Å². The molecule has 0 spiro atoms. The molecule has 0 atom stereocenters. The van der Waals surface area contributed by atoms with Crippen LogP contribution in [0, 0.1) is 0 Å². The van der Waals surface area contributed by atoms with E-state index in [0.717, 1.165) is 24.3 Å². The number of imidazole rings is 1. The van der Waals surface area contributed by atoms with E-state index >= 15 is 0 Å². The van der Waals surface area contributed by atoms with Crippen molar-refractivity contribution in [1.82, 2.24) is 19.9 Å². The molecule has 0 aliphatic carbocycles. The van der Waals surface area contributed by atoms with E-state index in [2.05, 4.69) is 24.8 Å². The largest absolute Gasteiger partial charge is 0.382 e. The molecule has 8 heteroatoms. The second-order valence-corrected chi connectivity index (χ2v) is 5.71. The number of fused-ring (bicyclic) bond motifs is 1. The van der Waals surface area contributed by atoms with Crippen molar-refractivity contribution in [3.63, 3.8) is 0 Å². The van der Waals surface area contributed by atoms with Gasteiger partial charge in [-0.15, -0.1) is 23.2 Å². The third-order valence-electron chi connectivity index (χ3n) is 3.53. The van der Waals surface area contributed by atoms with Crippen LogP contribution in [0.1, 0.15) is 0 Å². The van der Waals surface area contributed by atoms with E-state index in [4.69, 9.17) is 28.9 Å². The summed E-state index contributed by atoms with van der Waals surface area (Å²) in [6, 6.07) is 8.03. The van der Waals surface area contributed by atoms with Gasteiger partial charge in [0.1, 0.15) is 17.7 Å². The van der Waals surface area contributed by atoms with Crippen LogP contribution >= 0.6 is 23.2 Å². The molecule has 0 fully saturated rings. The first-order valence-electron chi connectivity index (χ1n) is 7.16. The van der Waals surface area contributed by atoms with E-state index in [0.29, 0.717) is 34.6 Å². The van der Waals surface area contributed by atoms with Crippen molar-refractivity contribution in [1.29, 1.82) is 0 Å². The number of benzene rings is 1. The van der Waals surface area contributed by atoms with Crippen LogP contribution in [0.4, 0.5) is 11.5 Å². The smallest absolute Gasteiger partial charge is 0.183 e. The van der Waals surface area contributed by atoms with Gasteiger partial charge in [0.05, 0.1) is 0 Å². The van der Waals surface area contributed by atoms with Gasteiger partial charge in [-0.3, -0.25) is 0 Å². The summed E-state index contributed by atoms with van der Waals surface area (Å²) in [6.45, 7) is 1.51. The fraction of sp³-hybridized carbons (Fsp3) is 0.267. The van der Waals surface area contributed by atoms with Crippen LogP contribution in [0.25, 0.3) is 22.6 Å². The maximum atomic E-state index is 5.84. The number of nitrogens with one attached hydrogen (secondary N) is 1. The number of hydrogen-bond acceptors (Lipinski definition) is 5. The monoisotopic (exact) mass is 350 g/mol. The highest BCUT2D eigenvalue weighted by Gasteiger charge is 2.10. The van der Waals surface area contributed by atoms with Gasteiger partial charge in [0.2, 0.25) is 0 Å². The summed E-state index contributed by atoms with van der Waals surface area (Å²) >= 11 is 11.7. The second kappa shape index (κ2) is 7.02. The van der Waals surface area contributed by atoms with Gasteiger partial charge in [-0.05, 0) is 24.3 Å². The van der Waals surface area contributed by atoms with Crippen molar-refractivity contribution in [3.05, 3.63) is 30.6 Å². The molecule has 6 nitrogen and oxygen atoms in total. The van der Waals surface area contributed by atoms with Crippen LogP contribution in [0.15, 0.2) is 30.6 Å². The average molecular weight is 351 g/mol. The summed E-state index contributed by atoms with van der Waals surface area (Å²) in [5.41, 5.74) is 9.05. The topological polar surface area (TPSA) is 83.7 Å². The SMILES string of the molecule is Nc1ncnc2nc(-c3ccc(N(CCCl)CCCl)cc3)[nH]c12. The number of rotatable bonds is 6. The molecule has 0 aliphatic heterocycles. The Morgan fingerprint density at radius 2 is 1.74 bits per heavy atom. The second-order valence-electron chi connectivity index (χ2n) is 4.95. The van der Waals surface area contributed by atoms with Crippen LogP contribution in [-0.4, -0.2) is 44.8 Å². The molecule has 0 bridgehead atoms. The van der Waals surface area contributed by atoms with Gasteiger partial charge in [0, 0.05) is 36.1 Å². The molecule has 2 aromatic heterocycles. The zero-order valence-corrected chi connectivity index (χ0v) is 13.8. The van der Waals surface area contributed by atoms with Crippen LogP contribution in [-0.2, 0) is 0 Å². The molecular formula is C15H16Cl2N6. The fourth-order valence-corrected chi connectivity index (χ4v) is 2.80. The third-order valence-corrected chi connectivity index (χ3v) is 3.87. The predicted octanol–water partition coefficient (Wildman–Crippen LogP) is 2.89. The maximum Gasteiger partial charge on any atom is 0.183 e. The minimum atomic E-state index is 0.390. The van der Waals surface area contributed by atoms with Crippen molar-refractivity contribution in [2.45, 2.75) is 0 Å². The Kier molecular flexibility index (Phi) is 4.83. The molecule has 2 heterocycles. The molecule has 23 heavy (non-hydrogen) atoms. The zero-order valence-electron chi connectivity index (χ0n) is 12.3. The molecule has 0 aliphatic rings. The lowest BCUT2D eigenvalue weighted by Crippen LogP contribution is -2.27. The van der Waals surface area contributed by atoms with Crippen LogP contribution < -0.4 is 10.6 Å². The summed E-state index contributed by atoms with van der Waals surface area (Å²) in [4.78, 5) is 17.8. The van der Waals surface area contributed by atoms with Gasteiger partial charge in [-0.2, -0.15) is 0 Å². The fourth-order valence-electron chi connectivity index (χ4n) is 2.39. The highest BCUT2D eigenvalue weighted by atomic mass is 35.5. The van der Waals surface area contributed by atoms with E-state index < -0.39 is 0 Å². The molecule has 0 saturated heterocycles. The lowest BCUT2D eigenvalue weighted by molar-refractivity contribution is 0.874. The molecule has 0 saturated carbocycles. The first-order valence-corrected chi connectivity index (χ1v) is 8.23. The molecule has 1 aromatic carbocycles. The van der Waals surface area contributed by atoms with E-state index in [-0.39, 0.29) is 0 Å². The number of hydrogen-bond donors (Lipinski definition) is 2. The van der Waals surface area contributed by atoms with Crippen molar-refractivity contribution < 1.29 is 0 Å². The summed E-state index contributed by atoms with van der Waals surface area (Å²) < 4.78 is 0. The third kappa shape index (κ3) is 3.33. The van der Waals surface area contributed by atoms with Crippen LogP contribution in [0.2, 0.25) is 0 Å². The molecular weight excluding hydrogens is 335 g/mol.